The summed E-state index contributed by atoms with van der Waals surface area (Å²) in [5.41, 5.74) is 0.832. The summed E-state index contributed by atoms with van der Waals surface area (Å²) in [5, 5.41) is 6.10. The molecule has 110 valence electrons. The van der Waals surface area contributed by atoms with Gasteiger partial charge in [0, 0.05) is 12.2 Å². The van der Waals surface area contributed by atoms with E-state index < -0.39 is 0 Å². The number of ether oxygens (including phenoxy) is 1. The summed E-state index contributed by atoms with van der Waals surface area (Å²) in [5.74, 6) is 0.977. The first-order valence-electron chi connectivity index (χ1n) is 6.50. The summed E-state index contributed by atoms with van der Waals surface area (Å²) in [6.45, 7) is 2.67. The Kier molecular flexibility index (Phi) is 5.00. The van der Waals surface area contributed by atoms with Crippen molar-refractivity contribution < 1.29 is 9.53 Å². The highest BCUT2D eigenvalue weighted by atomic mass is 35.5. The number of methoxy groups -OCH3 is 1. The molecule has 0 spiro atoms. The summed E-state index contributed by atoms with van der Waals surface area (Å²) in [6.07, 6.45) is 0. The molecule has 21 heavy (non-hydrogen) atoms. The van der Waals surface area contributed by atoms with Crippen molar-refractivity contribution in [3.63, 3.8) is 0 Å². The van der Waals surface area contributed by atoms with E-state index in [4.69, 9.17) is 16.3 Å². The van der Waals surface area contributed by atoms with Gasteiger partial charge in [0.25, 0.3) is 5.91 Å². The Morgan fingerprint density at radius 3 is 2.57 bits per heavy atom. The van der Waals surface area contributed by atoms with Gasteiger partial charge in [-0.15, -0.1) is 0 Å². The molecule has 0 saturated carbocycles. The second-order valence-corrected chi connectivity index (χ2v) is 4.65. The maximum atomic E-state index is 12.2. The highest BCUT2D eigenvalue weighted by molar-refractivity contribution is 6.34. The lowest BCUT2D eigenvalue weighted by Crippen LogP contribution is -2.15. The van der Waals surface area contributed by atoms with Crippen LogP contribution in [-0.2, 0) is 0 Å². The number of aromatic nitrogens is 1. The lowest BCUT2D eigenvalue weighted by molar-refractivity contribution is 0.102. The molecule has 0 atom stereocenters. The largest absolute Gasteiger partial charge is 0.497 e. The molecule has 1 heterocycles. The van der Waals surface area contributed by atoms with Crippen LogP contribution in [0, 0.1) is 0 Å². The molecule has 2 aromatic rings. The lowest BCUT2D eigenvalue weighted by atomic mass is 10.2. The van der Waals surface area contributed by atoms with Crippen LogP contribution in [-0.4, -0.2) is 24.5 Å². The molecule has 0 fully saturated rings. The Bertz CT molecular complexity index is 629. The molecule has 2 N–H and O–H groups in total. The van der Waals surface area contributed by atoms with Crippen LogP contribution in [0.4, 0.5) is 11.5 Å². The van der Waals surface area contributed by atoms with E-state index in [2.05, 4.69) is 15.6 Å². The Hall–Kier alpha value is -2.27. The van der Waals surface area contributed by atoms with Crippen LogP contribution >= 0.6 is 11.6 Å². The summed E-state index contributed by atoms with van der Waals surface area (Å²) < 4.78 is 5.07. The second kappa shape index (κ2) is 6.95. The molecule has 0 aliphatic rings. The van der Waals surface area contributed by atoms with Crippen molar-refractivity contribution in [1.82, 2.24) is 4.98 Å². The van der Waals surface area contributed by atoms with Crippen molar-refractivity contribution in [2.75, 3.05) is 24.3 Å². The number of hydrogen-bond acceptors (Lipinski definition) is 4. The molecule has 1 aromatic carbocycles. The highest BCUT2D eigenvalue weighted by Crippen LogP contribution is 2.20. The molecule has 2 rings (SSSR count). The zero-order valence-corrected chi connectivity index (χ0v) is 12.6. The van der Waals surface area contributed by atoms with Crippen LogP contribution in [0.2, 0.25) is 5.02 Å². The molecule has 0 unspecified atom stereocenters. The Morgan fingerprint density at radius 2 is 1.95 bits per heavy atom. The molecular formula is C15H16ClN3O2. The van der Waals surface area contributed by atoms with Gasteiger partial charge in [0.05, 0.1) is 12.1 Å². The number of carbonyl (C=O) groups is 1. The molecular weight excluding hydrogens is 290 g/mol. The number of hydrogen-bond donors (Lipinski definition) is 2. The van der Waals surface area contributed by atoms with Gasteiger partial charge in [0.1, 0.15) is 17.3 Å². The number of nitrogens with one attached hydrogen (secondary N) is 2. The van der Waals surface area contributed by atoms with E-state index in [-0.39, 0.29) is 11.6 Å². The summed E-state index contributed by atoms with van der Waals surface area (Å²) in [6, 6.07) is 10.4. The van der Waals surface area contributed by atoms with Gasteiger partial charge in [-0.2, -0.15) is 0 Å². The molecule has 0 bridgehead atoms. The van der Waals surface area contributed by atoms with E-state index >= 15 is 0 Å². The number of anilines is 2. The first kappa shape index (κ1) is 15.1. The van der Waals surface area contributed by atoms with Crippen molar-refractivity contribution in [2.24, 2.45) is 0 Å². The number of carbonyl (C=O) groups excluding carboxylic acids is 1. The molecule has 0 saturated heterocycles. The van der Waals surface area contributed by atoms with Crippen LogP contribution in [0.15, 0.2) is 36.4 Å². The quantitative estimate of drug-likeness (QED) is 0.888. The number of benzene rings is 1. The second-order valence-electron chi connectivity index (χ2n) is 4.24. The monoisotopic (exact) mass is 305 g/mol. The first-order valence-corrected chi connectivity index (χ1v) is 6.87. The molecule has 0 aliphatic heterocycles. The number of amides is 1. The third-order valence-corrected chi connectivity index (χ3v) is 3.07. The standard InChI is InChI=1S/C15H16ClN3O2/c1-3-17-13-9-8-12(16)14(19-13)15(20)18-10-4-6-11(21-2)7-5-10/h4-9H,3H2,1-2H3,(H,17,19)(H,18,20). The van der Waals surface area contributed by atoms with Gasteiger partial charge in [-0.25, -0.2) is 4.98 Å². The Balaban J connectivity index is 2.17. The van der Waals surface area contributed by atoms with E-state index in [1.807, 2.05) is 6.92 Å². The van der Waals surface area contributed by atoms with Crippen molar-refractivity contribution in [1.29, 1.82) is 0 Å². The number of pyridine rings is 1. The van der Waals surface area contributed by atoms with Gasteiger partial charge < -0.3 is 15.4 Å². The van der Waals surface area contributed by atoms with Crippen LogP contribution < -0.4 is 15.4 Å². The third kappa shape index (κ3) is 3.86. The smallest absolute Gasteiger partial charge is 0.275 e. The van der Waals surface area contributed by atoms with Crippen LogP contribution in [0.25, 0.3) is 0 Å². The number of rotatable bonds is 5. The fourth-order valence-corrected chi connectivity index (χ4v) is 1.94. The maximum absolute atomic E-state index is 12.2. The molecule has 5 nitrogen and oxygen atoms in total. The van der Waals surface area contributed by atoms with E-state index in [0.717, 1.165) is 5.75 Å². The van der Waals surface area contributed by atoms with Crippen LogP contribution in [0.1, 0.15) is 17.4 Å². The summed E-state index contributed by atoms with van der Waals surface area (Å²) in [4.78, 5) is 16.4. The van der Waals surface area contributed by atoms with E-state index in [0.29, 0.717) is 23.1 Å². The topological polar surface area (TPSA) is 63.2 Å². The molecule has 0 radical (unpaired) electrons. The predicted molar refractivity (Wildman–Crippen MR) is 84.4 cm³/mol. The van der Waals surface area contributed by atoms with Crippen molar-refractivity contribution in [3.05, 3.63) is 47.1 Å². The zero-order valence-electron chi connectivity index (χ0n) is 11.8. The van der Waals surface area contributed by atoms with Crippen molar-refractivity contribution >= 4 is 29.0 Å². The Morgan fingerprint density at radius 1 is 1.24 bits per heavy atom. The Labute approximate surface area is 128 Å². The minimum Gasteiger partial charge on any atom is -0.497 e. The zero-order chi connectivity index (χ0) is 15.2. The molecule has 1 aromatic heterocycles. The molecule has 6 heteroatoms. The van der Waals surface area contributed by atoms with E-state index in [9.17, 15) is 4.79 Å². The fourth-order valence-electron chi connectivity index (χ4n) is 1.75. The van der Waals surface area contributed by atoms with Gasteiger partial charge in [0.15, 0.2) is 0 Å². The molecule has 0 aliphatic carbocycles. The SMILES string of the molecule is CCNc1ccc(Cl)c(C(=O)Nc2ccc(OC)cc2)n1. The summed E-state index contributed by atoms with van der Waals surface area (Å²) in [7, 11) is 1.59. The average Bonchev–Trinajstić information content (AvgIpc) is 2.50. The highest BCUT2D eigenvalue weighted by Gasteiger charge is 2.13. The van der Waals surface area contributed by atoms with E-state index in [1.54, 1.807) is 43.5 Å². The van der Waals surface area contributed by atoms with E-state index in [1.165, 1.54) is 0 Å². The predicted octanol–water partition coefficient (Wildman–Crippen LogP) is 3.43. The van der Waals surface area contributed by atoms with Gasteiger partial charge in [-0.05, 0) is 43.3 Å². The minimum absolute atomic E-state index is 0.186. The molecule has 1 amide bonds. The third-order valence-electron chi connectivity index (χ3n) is 2.77. The average molecular weight is 306 g/mol. The maximum Gasteiger partial charge on any atom is 0.275 e. The summed E-state index contributed by atoms with van der Waals surface area (Å²) >= 11 is 6.03. The number of nitrogens with zero attached hydrogens (tertiary/aromatic N) is 1. The fraction of sp³-hybridized carbons (Fsp3) is 0.200. The number of halogens is 1. The normalized spacial score (nSPS) is 10.0. The van der Waals surface area contributed by atoms with Gasteiger partial charge in [-0.3, -0.25) is 4.79 Å². The van der Waals surface area contributed by atoms with Gasteiger partial charge in [0.2, 0.25) is 0 Å². The lowest BCUT2D eigenvalue weighted by Gasteiger charge is -2.09. The van der Waals surface area contributed by atoms with Crippen molar-refractivity contribution in [3.8, 4) is 5.75 Å². The first-order chi connectivity index (χ1) is 10.1. The van der Waals surface area contributed by atoms with Gasteiger partial charge >= 0.3 is 0 Å². The van der Waals surface area contributed by atoms with Gasteiger partial charge in [-0.1, -0.05) is 11.6 Å². The minimum atomic E-state index is -0.357. The van der Waals surface area contributed by atoms with Crippen molar-refractivity contribution in [2.45, 2.75) is 6.92 Å². The van der Waals surface area contributed by atoms with Crippen LogP contribution in [0.5, 0.6) is 5.75 Å². The van der Waals surface area contributed by atoms with Crippen LogP contribution in [0.3, 0.4) is 0 Å².